The van der Waals surface area contributed by atoms with Crippen LogP contribution in [0.3, 0.4) is 0 Å². The van der Waals surface area contributed by atoms with E-state index in [4.69, 9.17) is 18.9 Å². The van der Waals surface area contributed by atoms with Crippen LogP contribution in [0.15, 0.2) is 24.5 Å². The first kappa shape index (κ1) is 34.6. The molecule has 1 aliphatic carbocycles. The molecule has 5 rings (SSSR count). The first-order chi connectivity index (χ1) is 22.3. The lowest BCUT2D eigenvalue weighted by Gasteiger charge is -2.32. The van der Waals surface area contributed by atoms with Gasteiger partial charge in [-0.1, -0.05) is 0 Å². The minimum atomic E-state index is -0.899. The summed E-state index contributed by atoms with van der Waals surface area (Å²) in [5, 5.41) is 16.0. The third-order valence-corrected chi connectivity index (χ3v) is 7.76. The van der Waals surface area contributed by atoms with E-state index in [1.54, 1.807) is 55.4 Å². The number of aromatic nitrogens is 2. The Bertz CT molecular complexity index is 1770. The number of amides is 3. The third-order valence-electron chi connectivity index (χ3n) is 7.76. The van der Waals surface area contributed by atoms with E-state index in [2.05, 4.69) is 20.6 Å². The Morgan fingerprint density at radius 1 is 1.02 bits per heavy atom. The second kappa shape index (κ2) is 12.7. The van der Waals surface area contributed by atoms with Gasteiger partial charge in [0.25, 0.3) is 0 Å². The highest BCUT2D eigenvalue weighted by molar-refractivity contribution is 6.05. The molecule has 0 radical (unpaired) electrons. The number of aliphatic hydroxyl groups is 1. The van der Waals surface area contributed by atoms with Crippen molar-refractivity contribution in [1.29, 1.82) is 0 Å². The molecule has 2 atom stereocenters. The highest BCUT2D eigenvalue weighted by Gasteiger charge is 2.36. The summed E-state index contributed by atoms with van der Waals surface area (Å²) in [5.41, 5.74) is -1.55. The lowest BCUT2D eigenvalue weighted by Crippen LogP contribution is -2.42. The lowest BCUT2D eigenvalue weighted by molar-refractivity contribution is 0.0451. The van der Waals surface area contributed by atoms with Crippen LogP contribution in [0.2, 0.25) is 0 Å². The lowest BCUT2D eigenvalue weighted by atomic mass is 9.96. The van der Waals surface area contributed by atoms with Gasteiger partial charge in [-0.3, -0.25) is 15.5 Å². The smallest absolute Gasteiger partial charge is 0.415 e. The predicted molar refractivity (Wildman–Crippen MR) is 177 cm³/mol. The van der Waals surface area contributed by atoms with Crippen molar-refractivity contribution < 1.29 is 42.8 Å². The van der Waals surface area contributed by atoms with Gasteiger partial charge in [-0.2, -0.15) is 0 Å². The van der Waals surface area contributed by atoms with Crippen LogP contribution in [0.5, 0.6) is 5.88 Å². The van der Waals surface area contributed by atoms with Crippen LogP contribution >= 0.6 is 0 Å². The van der Waals surface area contributed by atoms with Gasteiger partial charge >= 0.3 is 18.3 Å². The van der Waals surface area contributed by atoms with Crippen molar-refractivity contribution in [2.24, 2.45) is 0 Å². The molecule has 1 aliphatic heterocycles. The van der Waals surface area contributed by atoms with Gasteiger partial charge < -0.3 is 24.1 Å². The van der Waals surface area contributed by atoms with Crippen molar-refractivity contribution >= 4 is 46.2 Å². The molecule has 2 unspecified atom stereocenters. The number of nitrogens with one attached hydrogen (secondary N) is 2. The van der Waals surface area contributed by atoms with E-state index < -0.39 is 47.0 Å². The van der Waals surface area contributed by atoms with Gasteiger partial charge in [-0.15, -0.1) is 0 Å². The molecule has 3 N–H and O–H groups in total. The van der Waals surface area contributed by atoms with Gasteiger partial charge in [0, 0.05) is 35.3 Å². The summed E-state index contributed by atoms with van der Waals surface area (Å²) in [6, 6.07) is 3.05. The number of hydrogen-bond acceptors (Lipinski definition) is 10. The summed E-state index contributed by atoms with van der Waals surface area (Å²) in [7, 11) is 0. The van der Waals surface area contributed by atoms with Gasteiger partial charge in [0.05, 0.1) is 17.8 Å². The number of carbonyl (C=O) groups is 3. The number of nitrogens with zero attached hydrogens (tertiary/aromatic N) is 3. The molecule has 48 heavy (non-hydrogen) atoms. The minimum absolute atomic E-state index is 0.0454. The molecule has 0 spiro atoms. The molecule has 2 aromatic heterocycles. The molecule has 0 bridgehead atoms. The number of pyridine rings is 2. The predicted octanol–water partition coefficient (Wildman–Crippen LogP) is 7.08. The summed E-state index contributed by atoms with van der Waals surface area (Å²) in [4.78, 5) is 48.9. The monoisotopic (exact) mass is 667 g/mol. The summed E-state index contributed by atoms with van der Waals surface area (Å²) < 4.78 is 38.8. The zero-order valence-electron chi connectivity index (χ0n) is 28.4. The summed E-state index contributed by atoms with van der Waals surface area (Å²) in [6.07, 6.45) is 1.42. The van der Waals surface area contributed by atoms with Gasteiger partial charge in [0.15, 0.2) is 5.82 Å². The van der Waals surface area contributed by atoms with E-state index in [9.17, 15) is 19.5 Å². The van der Waals surface area contributed by atoms with Gasteiger partial charge in [0.2, 0.25) is 5.88 Å². The summed E-state index contributed by atoms with van der Waals surface area (Å²) in [6.45, 7) is 14.1. The Morgan fingerprint density at radius 3 is 2.38 bits per heavy atom. The Kier molecular flexibility index (Phi) is 9.17. The van der Waals surface area contributed by atoms with E-state index in [-0.39, 0.29) is 41.5 Å². The van der Waals surface area contributed by atoms with Crippen LogP contribution in [-0.4, -0.2) is 69.4 Å². The zero-order chi connectivity index (χ0) is 35.2. The van der Waals surface area contributed by atoms with E-state index in [1.807, 2.05) is 0 Å². The van der Waals surface area contributed by atoms with Gasteiger partial charge in [-0.25, -0.2) is 28.7 Å². The number of fused-ring (bicyclic) bond motifs is 2. The Balaban J connectivity index is 1.57. The van der Waals surface area contributed by atoms with Crippen LogP contribution in [0.25, 0.3) is 21.9 Å². The quantitative estimate of drug-likeness (QED) is 0.245. The molecular formula is C34H42FN5O8. The van der Waals surface area contributed by atoms with Gasteiger partial charge in [0.1, 0.15) is 35.4 Å². The number of carbonyl (C=O) groups excluding carboxylic acids is 3. The number of anilines is 3. The van der Waals surface area contributed by atoms with Crippen molar-refractivity contribution in [3.8, 4) is 17.0 Å². The van der Waals surface area contributed by atoms with Crippen molar-refractivity contribution in [3.63, 3.8) is 0 Å². The van der Waals surface area contributed by atoms with Crippen LogP contribution in [0.1, 0.15) is 73.3 Å². The molecule has 3 amide bonds. The average molecular weight is 668 g/mol. The highest BCUT2D eigenvalue weighted by Crippen LogP contribution is 2.43. The summed E-state index contributed by atoms with van der Waals surface area (Å²) >= 11 is 0. The third kappa shape index (κ3) is 7.87. The molecule has 3 heterocycles. The van der Waals surface area contributed by atoms with E-state index in [1.165, 1.54) is 29.4 Å². The fourth-order valence-electron chi connectivity index (χ4n) is 5.72. The number of benzene rings is 1. The van der Waals surface area contributed by atoms with Gasteiger partial charge in [-0.05, 0) is 91.3 Å². The SMILES string of the molecule is Cc1c(-c2cc3cc(NC(=O)OC4CCC(C)(O)C4)ncc3c(NC(=O)OC(C)(C)C)c2F)cnc2c1N(C(=O)OC(C)(C)C)CCO2. The highest BCUT2D eigenvalue weighted by atomic mass is 19.1. The first-order valence-corrected chi connectivity index (χ1v) is 15.8. The first-order valence-electron chi connectivity index (χ1n) is 15.8. The maximum absolute atomic E-state index is 16.6. The van der Waals surface area contributed by atoms with Crippen molar-refractivity contribution in [2.45, 2.75) is 97.6 Å². The average Bonchev–Trinajstić information content (AvgIpc) is 3.30. The molecular weight excluding hydrogens is 625 g/mol. The fourth-order valence-corrected chi connectivity index (χ4v) is 5.72. The van der Waals surface area contributed by atoms with Crippen molar-refractivity contribution in [1.82, 2.24) is 9.97 Å². The largest absolute Gasteiger partial charge is 0.474 e. The van der Waals surface area contributed by atoms with Crippen LogP contribution in [0, 0.1) is 12.7 Å². The van der Waals surface area contributed by atoms with E-state index >= 15 is 4.39 Å². The molecule has 3 aromatic rings. The van der Waals surface area contributed by atoms with Crippen molar-refractivity contribution in [3.05, 3.63) is 35.9 Å². The number of hydrogen-bond donors (Lipinski definition) is 3. The Hall–Kier alpha value is -4.72. The zero-order valence-corrected chi connectivity index (χ0v) is 28.4. The number of ether oxygens (including phenoxy) is 4. The van der Waals surface area contributed by atoms with Crippen molar-refractivity contribution in [2.75, 3.05) is 28.7 Å². The molecule has 1 saturated carbocycles. The van der Waals surface area contributed by atoms with E-state index in [0.29, 0.717) is 41.5 Å². The van der Waals surface area contributed by atoms with Crippen LogP contribution < -0.4 is 20.3 Å². The summed E-state index contributed by atoms with van der Waals surface area (Å²) in [5.74, 6) is -0.489. The molecule has 14 heteroatoms. The topological polar surface area (TPSA) is 161 Å². The second-order valence-electron chi connectivity index (χ2n) is 14.4. The fraction of sp³-hybridized carbons (Fsp3) is 0.500. The van der Waals surface area contributed by atoms with Crippen LogP contribution in [-0.2, 0) is 14.2 Å². The molecule has 1 fully saturated rings. The molecule has 2 aliphatic rings. The maximum atomic E-state index is 16.6. The maximum Gasteiger partial charge on any atom is 0.415 e. The molecule has 0 saturated heterocycles. The number of rotatable bonds is 4. The normalized spacial score (nSPS) is 19.3. The second-order valence-corrected chi connectivity index (χ2v) is 14.4. The van der Waals surface area contributed by atoms with E-state index in [0.717, 1.165) is 0 Å². The molecule has 258 valence electrons. The number of halogens is 1. The Morgan fingerprint density at radius 2 is 1.73 bits per heavy atom. The molecule has 1 aromatic carbocycles. The molecule has 13 nitrogen and oxygen atoms in total. The van der Waals surface area contributed by atoms with Crippen LogP contribution in [0.4, 0.5) is 36.0 Å². The Labute approximate surface area is 278 Å². The standard InChI is InChI=1S/C34H42FN5O8/c1-18-22(16-37-28-27(18)40(11-12-45-28)31(43)48-33(5,6)7)21-13-19-14-24(38-29(41)46-20-9-10-34(8,44)15-20)36-17-23(19)26(25(21)35)39-30(42)47-32(2,3)4/h13-14,16-17,20,44H,9-12,15H2,1-8H3,(H,39,42)(H,36,38,41). The minimum Gasteiger partial charge on any atom is -0.474 e.